The molecule has 0 heterocycles. The standard InChI is InChI=1S/C15H20N2O/c1-2-15(11-7-4-8-12-16)17-18-13-14-9-5-3-6-10-14/h3,5-6,9-10H,2,4,7-8,11,13H2,1H3. The lowest BCUT2D eigenvalue weighted by atomic mass is 10.1. The van der Waals surface area contributed by atoms with E-state index in [4.69, 9.17) is 10.1 Å². The van der Waals surface area contributed by atoms with E-state index in [9.17, 15) is 0 Å². The van der Waals surface area contributed by atoms with Crippen molar-refractivity contribution in [1.82, 2.24) is 0 Å². The molecular weight excluding hydrogens is 224 g/mol. The summed E-state index contributed by atoms with van der Waals surface area (Å²) in [6.45, 7) is 2.59. The monoisotopic (exact) mass is 244 g/mol. The fraction of sp³-hybridized carbons (Fsp3) is 0.467. The van der Waals surface area contributed by atoms with Gasteiger partial charge in [0, 0.05) is 6.42 Å². The van der Waals surface area contributed by atoms with E-state index in [1.807, 2.05) is 30.3 Å². The van der Waals surface area contributed by atoms with Crippen LogP contribution in [0.2, 0.25) is 0 Å². The lowest BCUT2D eigenvalue weighted by molar-refractivity contribution is 0.129. The van der Waals surface area contributed by atoms with Gasteiger partial charge in [-0.1, -0.05) is 42.4 Å². The Kier molecular flexibility index (Phi) is 7.31. The van der Waals surface area contributed by atoms with Gasteiger partial charge in [0.1, 0.15) is 6.61 Å². The molecule has 0 N–H and O–H groups in total. The predicted octanol–water partition coefficient (Wildman–Crippen LogP) is 4.05. The summed E-state index contributed by atoms with van der Waals surface area (Å²) in [5.74, 6) is 0. The van der Waals surface area contributed by atoms with Crippen LogP contribution in [-0.2, 0) is 11.4 Å². The van der Waals surface area contributed by atoms with Crippen molar-refractivity contribution in [2.75, 3.05) is 0 Å². The molecular formula is C15H20N2O. The van der Waals surface area contributed by atoms with Gasteiger partial charge in [-0.3, -0.25) is 0 Å². The minimum absolute atomic E-state index is 0.516. The van der Waals surface area contributed by atoms with E-state index in [0.29, 0.717) is 13.0 Å². The summed E-state index contributed by atoms with van der Waals surface area (Å²) in [4.78, 5) is 5.35. The van der Waals surface area contributed by atoms with Crippen molar-refractivity contribution < 1.29 is 4.84 Å². The van der Waals surface area contributed by atoms with E-state index >= 15 is 0 Å². The number of rotatable bonds is 8. The van der Waals surface area contributed by atoms with E-state index in [-0.39, 0.29) is 0 Å². The molecule has 3 nitrogen and oxygen atoms in total. The van der Waals surface area contributed by atoms with Crippen LogP contribution in [0.15, 0.2) is 35.5 Å². The third kappa shape index (κ3) is 6.05. The van der Waals surface area contributed by atoms with E-state index in [1.165, 1.54) is 0 Å². The van der Waals surface area contributed by atoms with E-state index in [1.54, 1.807) is 0 Å². The zero-order valence-corrected chi connectivity index (χ0v) is 10.9. The van der Waals surface area contributed by atoms with Crippen LogP contribution in [0, 0.1) is 11.3 Å². The molecule has 0 saturated heterocycles. The molecule has 18 heavy (non-hydrogen) atoms. The summed E-state index contributed by atoms with van der Waals surface area (Å²) in [5.41, 5.74) is 2.20. The summed E-state index contributed by atoms with van der Waals surface area (Å²) in [6.07, 6.45) is 4.40. The van der Waals surface area contributed by atoms with Crippen LogP contribution < -0.4 is 0 Å². The number of benzene rings is 1. The van der Waals surface area contributed by atoms with Crippen molar-refractivity contribution in [3.8, 4) is 6.07 Å². The molecule has 0 amide bonds. The Balaban J connectivity index is 2.27. The highest BCUT2D eigenvalue weighted by Gasteiger charge is 1.98. The molecule has 0 aromatic heterocycles. The largest absolute Gasteiger partial charge is 0.391 e. The summed E-state index contributed by atoms with van der Waals surface area (Å²) in [6, 6.07) is 12.2. The van der Waals surface area contributed by atoms with Gasteiger partial charge in [-0.15, -0.1) is 0 Å². The second-order valence-electron chi connectivity index (χ2n) is 4.14. The minimum atomic E-state index is 0.516. The quantitative estimate of drug-likeness (QED) is 0.393. The molecule has 3 heteroatoms. The zero-order chi connectivity index (χ0) is 13.1. The summed E-state index contributed by atoms with van der Waals surface area (Å²) in [5, 5.41) is 12.6. The summed E-state index contributed by atoms with van der Waals surface area (Å²) >= 11 is 0. The molecule has 0 bridgehead atoms. The molecule has 1 rings (SSSR count). The Bertz CT molecular complexity index is 393. The zero-order valence-electron chi connectivity index (χ0n) is 10.9. The van der Waals surface area contributed by atoms with Crippen molar-refractivity contribution >= 4 is 5.71 Å². The van der Waals surface area contributed by atoms with Crippen molar-refractivity contribution in [3.63, 3.8) is 0 Å². The van der Waals surface area contributed by atoms with Crippen LogP contribution in [0.3, 0.4) is 0 Å². The highest BCUT2D eigenvalue weighted by molar-refractivity contribution is 5.83. The van der Waals surface area contributed by atoms with Gasteiger partial charge in [0.05, 0.1) is 11.8 Å². The van der Waals surface area contributed by atoms with Crippen molar-refractivity contribution in [2.24, 2.45) is 5.16 Å². The van der Waals surface area contributed by atoms with Gasteiger partial charge < -0.3 is 4.84 Å². The van der Waals surface area contributed by atoms with Crippen LogP contribution in [0.4, 0.5) is 0 Å². The first-order valence-corrected chi connectivity index (χ1v) is 6.45. The number of nitriles is 1. The maximum absolute atomic E-state index is 8.45. The van der Waals surface area contributed by atoms with Crippen LogP contribution in [0.25, 0.3) is 0 Å². The normalized spacial score (nSPS) is 11.0. The number of unbranched alkanes of at least 4 members (excludes halogenated alkanes) is 2. The Morgan fingerprint density at radius 2 is 2.06 bits per heavy atom. The summed E-state index contributed by atoms with van der Waals surface area (Å²) in [7, 11) is 0. The molecule has 96 valence electrons. The molecule has 0 aliphatic heterocycles. The molecule has 0 atom stereocenters. The highest BCUT2D eigenvalue weighted by Crippen LogP contribution is 2.06. The molecule has 0 spiro atoms. The van der Waals surface area contributed by atoms with Gasteiger partial charge in [0.25, 0.3) is 0 Å². The second kappa shape index (κ2) is 9.23. The Labute approximate surface area is 109 Å². The summed E-state index contributed by atoms with van der Waals surface area (Å²) < 4.78 is 0. The Morgan fingerprint density at radius 3 is 2.72 bits per heavy atom. The van der Waals surface area contributed by atoms with Crippen molar-refractivity contribution in [2.45, 2.75) is 45.6 Å². The second-order valence-corrected chi connectivity index (χ2v) is 4.14. The van der Waals surface area contributed by atoms with Crippen LogP contribution >= 0.6 is 0 Å². The molecule has 0 fully saturated rings. The topological polar surface area (TPSA) is 45.4 Å². The molecule has 1 aromatic rings. The molecule has 0 saturated carbocycles. The maximum atomic E-state index is 8.45. The first-order valence-electron chi connectivity index (χ1n) is 6.45. The van der Waals surface area contributed by atoms with Gasteiger partial charge in [-0.05, 0) is 31.2 Å². The number of oxime groups is 1. The maximum Gasteiger partial charge on any atom is 0.142 e. The smallest absolute Gasteiger partial charge is 0.142 e. The van der Waals surface area contributed by atoms with Crippen LogP contribution in [0.1, 0.15) is 44.6 Å². The Morgan fingerprint density at radius 1 is 1.28 bits per heavy atom. The Hall–Kier alpha value is -1.82. The third-order valence-electron chi connectivity index (χ3n) is 2.68. The molecule has 0 radical (unpaired) electrons. The van der Waals surface area contributed by atoms with Crippen LogP contribution in [-0.4, -0.2) is 5.71 Å². The van der Waals surface area contributed by atoms with Gasteiger partial charge in [0.15, 0.2) is 0 Å². The van der Waals surface area contributed by atoms with Crippen molar-refractivity contribution in [3.05, 3.63) is 35.9 Å². The molecule has 1 aromatic carbocycles. The van der Waals surface area contributed by atoms with Gasteiger partial charge in [0.2, 0.25) is 0 Å². The first kappa shape index (κ1) is 14.2. The lowest BCUT2D eigenvalue weighted by Gasteiger charge is -2.04. The minimum Gasteiger partial charge on any atom is -0.391 e. The molecule has 0 aliphatic carbocycles. The predicted molar refractivity (Wildman–Crippen MR) is 73.0 cm³/mol. The van der Waals surface area contributed by atoms with Gasteiger partial charge >= 0.3 is 0 Å². The first-order chi connectivity index (χ1) is 8.86. The fourth-order valence-corrected chi connectivity index (χ4v) is 1.59. The number of hydrogen-bond acceptors (Lipinski definition) is 3. The SMILES string of the molecule is CCC(CCCCC#N)=NOCc1ccccc1. The highest BCUT2D eigenvalue weighted by atomic mass is 16.6. The average Bonchev–Trinajstić information content (AvgIpc) is 2.42. The fourth-order valence-electron chi connectivity index (χ4n) is 1.59. The van der Waals surface area contributed by atoms with Gasteiger partial charge in [-0.2, -0.15) is 5.26 Å². The van der Waals surface area contributed by atoms with E-state index in [0.717, 1.165) is 37.0 Å². The molecule has 0 aliphatic rings. The molecule has 0 unspecified atom stereocenters. The lowest BCUT2D eigenvalue weighted by Crippen LogP contribution is -1.98. The van der Waals surface area contributed by atoms with E-state index < -0.39 is 0 Å². The van der Waals surface area contributed by atoms with Crippen molar-refractivity contribution in [1.29, 1.82) is 5.26 Å². The number of nitrogens with zero attached hydrogens (tertiary/aromatic N) is 2. The van der Waals surface area contributed by atoms with Crippen LogP contribution in [0.5, 0.6) is 0 Å². The van der Waals surface area contributed by atoms with E-state index in [2.05, 4.69) is 18.1 Å². The third-order valence-corrected chi connectivity index (χ3v) is 2.68. The number of hydrogen-bond donors (Lipinski definition) is 0. The van der Waals surface area contributed by atoms with Gasteiger partial charge in [-0.25, -0.2) is 0 Å². The average molecular weight is 244 g/mol.